The predicted octanol–water partition coefficient (Wildman–Crippen LogP) is 3.53. The lowest BCUT2D eigenvalue weighted by Gasteiger charge is -1.99. The Balaban J connectivity index is 2.50. The van der Waals surface area contributed by atoms with Gasteiger partial charge >= 0.3 is 0 Å². The van der Waals surface area contributed by atoms with Crippen LogP contribution in [0.3, 0.4) is 0 Å². The van der Waals surface area contributed by atoms with E-state index in [1.807, 2.05) is 18.4 Å². The maximum atomic E-state index is 10.7. The van der Waals surface area contributed by atoms with Gasteiger partial charge in [0.15, 0.2) is 10.3 Å². The van der Waals surface area contributed by atoms with Crippen LogP contribution in [0.4, 0.5) is 0 Å². The van der Waals surface area contributed by atoms with Crippen molar-refractivity contribution in [2.24, 2.45) is 0 Å². The number of halogens is 1. The van der Waals surface area contributed by atoms with E-state index in [-0.39, 0.29) is 5.12 Å². The van der Waals surface area contributed by atoms with E-state index >= 15 is 0 Å². The van der Waals surface area contributed by atoms with Crippen LogP contribution >= 0.6 is 35.1 Å². The van der Waals surface area contributed by atoms with Crippen LogP contribution < -0.4 is 0 Å². The molecule has 0 spiro atoms. The highest BCUT2D eigenvalue weighted by Crippen LogP contribution is 2.18. The molecule has 92 valence electrons. The lowest BCUT2D eigenvalue weighted by Crippen LogP contribution is -1.89. The molecule has 0 N–H and O–H groups in total. The second-order valence-corrected chi connectivity index (χ2v) is 5.54. The van der Waals surface area contributed by atoms with Crippen molar-refractivity contribution in [3.05, 3.63) is 23.0 Å². The van der Waals surface area contributed by atoms with Crippen LogP contribution in [0, 0.1) is 0 Å². The Bertz CT molecular complexity index is 424. The lowest BCUT2D eigenvalue weighted by molar-refractivity contribution is -0.109. The SMILES string of the molecule is CSc1ncc(C=CCCSC(C)=O)c(Cl)n1. The maximum absolute atomic E-state index is 10.7. The summed E-state index contributed by atoms with van der Waals surface area (Å²) in [5.41, 5.74) is 0.803. The van der Waals surface area contributed by atoms with E-state index in [0.29, 0.717) is 10.3 Å². The molecule has 0 aromatic carbocycles. The summed E-state index contributed by atoms with van der Waals surface area (Å²) in [4.78, 5) is 19.0. The minimum atomic E-state index is 0.143. The van der Waals surface area contributed by atoms with Gasteiger partial charge in [-0.15, -0.1) is 0 Å². The predicted molar refractivity (Wildman–Crippen MR) is 75.6 cm³/mol. The van der Waals surface area contributed by atoms with E-state index in [0.717, 1.165) is 17.7 Å². The Morgan fingerprint density at radius 2 is 2.35 bits per heavy atom. The zero-order chi connectivity index (χ0) is 12.7. The van der Waals surface area contributed by atoms with Gasteiger partial charge in [-0.25, -0.2) is 9.97 Å². The minimum Gasteiger partial charge on any atom is -0.288 e. The highest BCUT2D eigenvalue weighted by atomic mass is 35.5. The molecule has 0 bridgehead atoms. The molecule has 0 atom stereocenters. The number of allylic oxidation sites excluding steroid dienone is 1. The number of hydrogen-bond donors (Lipinski definition) is 0. The first kappa shape index (κ1) is 14.5. The topological polar surface area (TPSA) is 42.9 Å². The molecular formula is C11H13ClN2OS2. The summed E-state index contributed by atoms with van der Waals surface area (Å²) in [6, 6.07) is 0. The molecule has 6 heteroatoms. The third kappa shape index (κ3) is 5.57. The third-order valence-corrected chi connectivity index (χ3v) is 3.53. The number of rotatable bonds is 5. The first-order chi connectivity index (χ1) is 8.13. The highest BCUT2D eigenvalue weighted by Gasteiger charge is 2.01. The van der Waals surface area contributed by atoms with E-state index < -0.39 is 0 Å². The van der Waals surface area contributed by atoms with Gasteiger partial charge in [0.05, 0.1) is 0 Å². The summed E-state index contributed by atoms with van der Waals surface area (Å²) in [7, 11) is 0. The van der Waals surface area contributed by atoms with Crippen molar-refractivity contribution >= 4 is 46.3 Å². The fraction of sp³-hybridized carbons (Fsp3) is 0.364. The van der Waals surface area contributed by atoms with Crippen molar-refractivity contribution in [2.45, 2.75) is 18.5 Å². The van der Waals surface area contributed by atoms with Gasteiger partial charge in [0, 0.05) is 24.4 Å². The number of nitrogens with zero attached hydrogens (tertiary/aromatic N) is 2. The molecule has 1 heterocycles. The minimum absolute atomic E-state index is 0.143. The second kappa shape index (κ2) is 7.74. The molecule has 3 nitrogen and oxygen atoms in total. The van der Waals surface area contributed by atoms with E-state index in [4.69, 9.17) is 11.6 Å². The largest absolute Gasteiger partial charge is 0.288 e. The van der Waals surface area contributed by atoms with Crippen molar-refractivity contribution in [3.63, 3.8) is 0 Å². The molecule has 0 saturated carbocycles. The van der Waals surface area contributed by atoms with Crippen LogP contribution in [-0.4, -0.2) is 27.1 Å². The highest BCUT2D eigenvalue weighted by molar-refractivity contribution is 8.13. The molecule has 0 radical (unpaired) electrons. The molecule has 0 saturated heterocycles. The standard InChI is InChI=1S/C11H13ClN2OS2/c1-8(15)17-6-4-3-5-9-7-13-11(16-2)14-10(9)12/h3,5,7H,4,6H2,1-2H3. The Morgan fingerprint density at radius 1 is 1.59 bits per heavy atom. The molecule has 1 aromatic rings. The molecule has 0 aliphatic carbocycles. The summed E-state index contributed by atoms with van der Waals surface area (Å²) in [6.07, 6.45) is 8.28. The zero-order valence-corrected chi connectivity index (χ0v) is 12.0. The third-order valence-electron chi connectivity index (χ3n) is 1.82. The van der Waals surface area contributed by atoms with Gasteiger partial charge in [0.1, 0.15) is 5.15 Å². The molecule has 0 aliphatic rings. The van der Waals surface area contributed by atoms with E-state index in [9.17, 15) is 4.79 Å². The van der Waals surface area contributed by atoms with Crippen molar-refractivity contribution in [1.29, 1.82) is 0 Å². The monoisotopic (exact) mass is 288 g/mol. The maximum Gasteiger partial charge on any atom is 0.188 e. The van der Waals surface area contributed by atoms with Crippen LogP contribution in [0.5, 0.6) is 0 Å². The average molecular weight is 289 g/mol. The first-order valence-electron chi connectivity index (χ1n) is 5.00. The molecule has 0 unspecified atom stereocenters. The number of carbonyl (C=O) groups excluding carboxylic acids is 1. The van der Waals surface area contributed by atoms with E-state index in [1.54, 1.807) is 13.1 Å². The number of thioether (sulfide) groups is 2. The fourth-order valence-electron chi connectivity index (χ4n) is 1.05. The van der Waals surface area contributed by atoms with Crippen LogP contribution in [0.2, 0.25) is 5.15 Å². The molecule has 0 amide bonds. The molecule has 0 aliphatic heterocycles. The van der Waals surface area contributed by atoms with E-state index in [1.165, 1.54) is 23.5 Å². The normalized spacial score (nSPS) is 11.0. The average Bonchev–Trinajstić information content (AvgIpc) is 2.30. The van der Waals surface area contributed by atoms with Crippen molar-refractivity contribution in [2.75, 3.05) is 12.0 Å². The van der Waals surface area contributed by atoms with Crippen molar-refractivity contribution < 1.29 is 4.79 Å². The Morgan fingerprint density at radius 3 is 2.94 bits per heavy atom. The lowest BCUT2D eigenvalue weighted by atomic mass is 10.3. The van der Waals surface area contributed by atoms with Gasteiger partial charge in [0.2, 0.25) is 0 Å². The first-order valence-corrected chi connectivity index (χ1v) is 7.58. The fourth-order valence-corrected chi connectivity index (χ4v) is 2.17. The van der Waals surface area contributed by atoms with Crippen LogP contribution in [0.15, 0.2) is 17.4 Å². The van der Waals surface area contributed by atoms with Gasteiger partial charge in [-0.05, 0) is 12.7 Å². The smallest absolute Gasteiger partial charge is 0.188 e. The summed E-state index contributed by atoms with van der Waals surface area (Å²) in [5.74, 6) is 0.785. The number of hydrogen-bond acceptors (Lipinski definition) is 5. The van der Waals surface area contributed by atoms with Gasteiger partial charge in [-0.3, -0.25) is 4.79 Å². The molecule has 0 fully saturated rings. The Kier molecular flexibility index (Phi) is 6.62. The van der Waals surface area contributed by atoms with E-state index in [2.05, 4.69) is 9.97 Å². The van der Waals surface area contributed by atoms with Gasteiger partial charge in [-0.1, -0.05) is 47.3 Å². The number of carbonyl (C=O) groups is 1. The molecule has 1 aromatic heterocycles. The summed E-state index contributed by atoms with van der Waals surface area (Å²) < 4.78 is 0. The Labute approximate surface area is 114 Å². The molecule has 1 rings (SSSR count). The summed E-state index contributed by atoms with van der Waals surface area (Å²) in [5, 5.41) is 1.27. The Hall–Kier alpha value is -0.520. The van der Waals surface area contributed by atoms with Crippen molar-refractivity contribution in [1.82, 2.24) is 9.97 Å². The van der Waals surface area contributed by atoms with Crippen LogP contribution in [0.1, 0.15) is 18.9 Å². The quantitative estimate of drug-likeness (QED) is 0.359. The van der Waals surface area contributed by atoms with Gasteiger partial charge in [0.25, 0.3) is 0 Å². The summed E-state index contributed by atoms with van der Waals surface area (Å²) in [6.45, 7) is 1.57. The van der Waals surface area contributed by atoms with Gasteiger partial charge in [-0.2, -0.15) is 0 Å². The van der Waals surface area contributed by atoms with Gasteiger partial charge < -0.3 is 0 Å². The van der Waals surface area contributed by atoms with Crippen LogP contribution in [-0.2, 0) is 4.79 Å². The molecule has 17 heavy (non-hydrogen) atoms. The summed E-state index contributed by atoms with van der Waals surface area (Å²) >= 11 is 8.77. The second-order valence-electron chi connectivity index (χ2n) is 3.13. The zero-order valence-electron chi connectivity index (χ0n) is 9.64. The molecular weight excluding hydrogens is 276 g/mol. The van der Waals surface area contributed by atoms with Crippen LogP contribution in [0.25, 0.3) is 6.08 Å². The van der Waals surface area contributed by atoms with Crippen molar-refractivity contribution in [3.8, 4) is 0 Å². The number of aromatic nitrogens is 2.